The molecule has 33 heavy (non-hydrogen) atoms. The lowest BCUT2D eigenvalue weighted by Crippen LogP contribution is -2.32. The SMILES string of the molecule is Cc1noc(C)c1COc1cccc(C(=O)NCc2ccccc2CS(=O)(=O)NC(C)C)c1. The van der Waals surface area contributed by atoms with Crippen molar-refractivity contribution in [2.24, 2.45) is 0 Å². The average Bonchev–Trinajstić information content (AvgIpc) is 3.07. The molecule has 9 heteroatoms. The molecule has 8 nitrogen and oxygen atoms in total. The molecule has 0 radical (unpaired) electrons. The van der Waals surface area contributed by atoms with Crippen LogP contribution in [0.3, 0.4) is 0 Å². The van der Waals surface area contributed by atoms with E-state index in [-0.39, 0.29) is 24.2 Å². The Balaban J connectivity index is 1.64. The highest BCUT2D eigenvalue weighted by Gasteiger charge is 2.16. The normalized spacial score (nSPS) is 11.5. The van der Waals surface area contributed by atoms with Gasteiger partial charge in [0.1, 0.15) is 18.1 Å². The number of nitrogens with zero attached hydrogens (tertiary/aromatic N) is 1. The number of aromatic nitrogens is 1. The van der Waals surface area contributed by atoms with Crippen molar-refractivity contribution in [3.63, 3.8) is 0 Å². The van der Waals surface area contributed by atoms with Gasteiger partial charge in [-0.05, 0) is 57.0 Å². The molecule has 0 unspecified atom stereocenters. The second-order valence-electron chi connectivity index (χ2n) is 8.10. The number of hydrogen-bond donors (Lipinski definition) is 2. The van der Waals surface area contributed by atoms with Gasteiger partial charge in [-0.3, -0.25) is 4.79 Å². The van der Waals surface area contributed by atoms with Crippen LogP contribution < -0.4 is 14.8 Å². The Labute approximate surface area is 194 Å². The summed E-state index contributed by atoms with van der Waals surface area (Å²) in [7, 11) is -3.47. The molecule has 0 aliphatic heterocycles. The zero-order chi connectivity index (χ0) is 24.0. The minimum Gasteiger partial charge on any atom is -0.489 e. The van der Waals surface area contributed by atoms with Crippen molar-refractivity contribution >= 4 is 15.9 Å². The maximum atomic E-state index is 12.7. The van der Waals surface area contributed by atoms with Crippen LogP contribution in [0.1, 0.15) is 52.3 Å². The number of carbonyl (C=O) groups is 1. The summed E-state index contributed by atoms with van der Waals surface area (Å²) in [6, 6.07) is 13.9. The van der Waals surface area contributed by atoms with Crippen LogP contribution in [-0.4, -0.2) is 25.5 Å². The van der Waals surface area contributed by atoms with Crippen LogP contribution in [0.5, 0.6) is 5.75 Å². The van der Waals surface area contributed by atoms with Crippen LogP contribution in [0, 0.1) is 13.8 Å². The van der Waals surface area contributed by atoms with Crippen LogP contribution in [0.25, 0.3) is 0 Å². The van der Waals surface area contributed by atoms with Gasteiger partial charge in [0, 0.05) is 18.2 Å². The molecule has 3 aromatic rings. The molecule has 176 valence electrons. The third-order valence-corrected chi connectivity index (χ3v) is 6.50. The van der Waals surface area contributed by atoms with E-state index in [2.05, 4.69) is 15.2 Å². The van der Waals surface area contributed by atoms with E-state index in [1.54, 1.807) is 50.2 Å². The maximum absolute atomic E-state index is 12.7. The fourth-order valence-corrected chi connectivity index (χ4v) is 4.84. The van der Waals surface area contributed by atoms with Crippen LogP contribution in [0.15, 0.2) is 53.1 Å². The molecule has 1 aromatic heterocycles. The first-order valence-corrected chi connectivity index (χ1v) is 12.3. The number of rotatable bonds is 10. The van der Waals surface area contributed by atoms with E-state index in [0.717, 1.165) is 16.8 Å². The first-order valence-electron chi connectivity index (χ1n) is 10.6. The van der Waals surface area contributed by atoms with Gasteiger partial charge < -0.3 is 14.6 Å². The van der Waals surface area contributed by atoms with Crippen LogP contribution in [-0.2, 0) is 28.9 Å². The summed E-state index contributed by atoms with van der Waals surface area (Å²) in [5, 5.41) is 6.77. The zero-order valence-electron chi connectivity index (χ0n) is 19.2. The van der Waals surface area contributed by atoms with E-state index in [0.29, 0.717) is 29.2 Å². The van der Waals surface area contributed by atoms with Gasteiger partial charge in [-0.1, -0.05) is 35.5 Å². The van der Waals surface area contributed by atoms with E-state index in [1.807, 2.05) is 26.0 Å². The average molecular weight is 472 g/mol. The Kier molecular flexibility index (Phi) is 7.88. The fourth-order valence-electron chi connectivity index (χ4n) is 3.34. The van der Waals surface area contributed by atoms with Crippen molar-refractivity contribution < 1.29 is 22.5 Å². The second kappa shape index (κ2) is 10.6. The Morgan fingerprint density at radius 3 is 2.48 bits per heavy atom. The van der Waals surface area contributed by atoms with Gasteiger partial charge in [-0.15, -0.1) is 0 Å². The molecule has 0 spiro atoms. The predicted octanol–water partition coefficient (Wildman–Crippen LogP) is 3.63. The summed E-state index contributed by atoms with van der Waals surface area (Å²) in [4.78, 5) is 12.7. The molecule has 2 N–H and O–H groups in total. The van der Waals surface area contributed by atoms with Crippen molar-refractivity contribution in [3.05, 3.63) is 82.2 Å². The first-order chi connectivity index (χ1) is 15.6. The van der Waals surface area contributed by atoms with Crippen molar-refractivity contribution in [3.8, 4) is 5.75 Å². The minimum atomic E-state index is -3.47. The summed E-state index contributed by atoms with van der Waals surface area (Å²) >= 11 is 0. The molecule has 2 aromatic carbocycles. The zero-order valence-corrected chi connectivity index (χ0v) is 20.0. The quantitative estimate of drug-likeness (QED) is 0.467. The van der Waals surface area contributed by atoms with Crippen molar-refractivity contribution in [2.75, 3.05) is 0 Å². The van der Waals surface area contributed by atoms with E-state index >= 15 is 0 Å². The molecule has 0 bridgehead atoms. The Morgan fingerprint density at radius 2 is 1.82 bits per heavy atom. The number of aryl methyl sites for hydroxylation is 2. The van der Waals surface area contributed by atoms with Gasteiger partial charge in [0.25, 0.3) is 5.91 Å². The highest BCUT2D eigenvalue weighted by molar-refractivity contribution is 7.88. The Morgan fingerprint density at radius 1 is 1.09 bits per heavy atom. The molecule has 0 aliphatic carbocycles. The Hall–Kier alpha value is -3.17. The summed E-state index contributed by atoms with van der Waals surface area (Å²) in [5.74, 6) is 0.817. The van der Waals surface area contributed by atoms with Gasteiger partial charge >= 0.3 is 0 Å². The number of hydrogen-bond acceptors (Lipinski definition) is 6. The molecule has 0 atom stereocenters. The molecule has 1 amide bonds. The second-order valence-corrected chi connectivity index (χ2v) is 9.86. The molecular weight excluding hydrogens is 442 g/mol. The van der Waals surface area contributed by atoms with Crippen molar-refractivity contribution in [2.45, 2.75) is 52.6 Å². The summed E-state index contributed by atoms with van der Waals surface area (Å²) in [5.41, 5.74) is 3.47. The number of amides is 1. The number of ether oxygens (including phenoxy) is 1. The van der Waals surface area contributed by atoms with Crippen LogP contribution >= 0.6 is 0 Å². The standard InChI is InChI=1S/C24H29N3O5S/c1-16(2)27-33(29,30)15-21-9-6-5-8-20(21)13-25-24(28)19-10-7-11-22(12-19)31-14-23-17(3)26-32-18(23)4/h5-12,16,27H,13-15H2,1-4H3,(H,25,28). The number of nitrogens with one attached hydrogen (secondary N) is 2. The third-order valence-electron chi connectivity index (χ3n) is 4.98. The summed E-state index contributed by atoms with van der Waals surface area (Å²) in [6.45, 7) is 7.71. The largest absolute Gasteiger partial charge is 0.489 e. The lowest BCUT2D eigenvalue weighted by atomic mass is 10.1. The van der Waals surface area contributed by atoms with Crippen molar-refractivity contribution in [1.29, 1.82) is 0 Å². The first kappa shape index (κ1) is 24.5. The Bertz CT molecular complexity index is 1200. The van der Waals surface area contributed by atoms with Gasteiger partial charge in [-0.2, -0.15) is 0 Å². The van der Waals surface area contributed by atoms with Gasteiger partial charge in [-0.25, -0.2) is 13.1 Å². The maximum Gasteiger partial charge on any atom is 0.251 e. The molecule has 0 aliphatic rings. The highest BCUT2D eigenvalue weighted by atomic mass is 32.2. The molecule has 0 saturated carbocycles. The van der Waals surface area contributed by atoms with Gasteiger partial charge in [0.2, 0.25) is 10.0 Å². The lowest BCUT2D eigenvalue weighted by molar-refractivity contribution is 0.0950. The summed E-state index contributed by atoms with van der Waals surface area (Å²) < 4.78 is 38.2. The number of benzene rings is 2. The highest BCUT2D eigenvalue weighted by Crippen LogP contribution is 2.19. The van der Waals surface area contributed by atoms with E-state index in [1.165, 1.54) is 0 Å². The van der Waals surface area contributed by atoms with E-state index in [9.17, 15) is 13.2 Å². The van der Waals surface area contributed by atoms with E-state index in [4.69, 9.17) is 9.26 Å². The summed E-state index contributed by atoms with van der Waals surface area (Å²) in [6.07, 6.45) is 0. The smallest absolute Gasteiger partial charge is 0.251 e. The number of sulfonamides is 1. The van der Waals surface area contributed by atoms with Gasteiger partial charge in [0.15, 0.2) is 0 Å². The monoisotopic (exact) mass is 471 g/mol. The van der Waals surface area contributed by atoms with Gasteiger partial charge in [0.05, 0.1) is 17.0 Å². The molecule has 0 fully saturated rings. The molecular formula is C24H29N3O5S. The van der Waals surface area contributed by atoms with E-state index < -0.39 is 10.0 Å². The molecule has 0 saturated heterocycles. The van der Waals surface area contributed by atoms with Crippen molar-refractivity contribution in [1.82, 2.24) is 15.2 Å². The molecule has 1 heterocycles. The fraction of sp³-hybridized carbons (Fsp3) is 0.333. The molecule has 3 rings (SSSR count). The third kappa shape index (κ3) is 6.90. The minimum absolute atomic E-state index is 0.151. The van der Waals surface area contributed by atoms with Crippen LogP contribution in [0.2, 0.25) is 0 Å². The lowest BCUT2D eigenvalue weighted by Gasteiger charge is -2.13. The van der Waals surface area contributed by atoms with Crippen LogP contribution in [0.4, 0.5) is 0 Å². The number of carbonyl (C=O) groups excluding carboxylic acids is 1. The predicted molar refractivity (Wildman–Crippen MR) is 125 cm³/mol. The topological polar surface area (TPSA) is 111 Å².